The molecule has 0 saturated heterocycles. The Hall–Kier alpha value is -1.48. The zero-order valence-corrected chi connectivity index (χ0v) is 10.8. The number of aliphatic carboxylic acids is 1. The zero-order chi connectivity index (χ0) is 12.9. The molecule has 4 heteroatoms. The van der Waals surface area contributed by atoms with Gasteiger partial charge in [0.15, 0.2) is 0 Å². The molecule has 1 aromatic heterocycles. The summed E-state index contributed by atoms with van der Waals surface area (Å²) in [5, 5.41) is 11.1. The Balaban J connectivity index is 2.24. The Morgan fingerprint density at radius 2 is 2.17 bits per heavy atom. The number of benzene rings is 1. The van der Waals surface area contributed by atoms with Crippen LogP contribution in [0.5, 0.6) is 0 Å². The number of aryl methyl sites for hydroxylation is 1. The number of fused-ring (bicyclic) bond motifs is 1. The molecule has 0 spiro atoms. The highest BCUT2D eigenvalue weighted by molar-refractivity contribution is 6.35. The van der Waals surface area contributed by atoms with E-state index >= 15 is 0 Å². The van der Waals surface area contributed by atoms with Gasteiger partial charge in [0.1, 0.15) is 0 Å². The van der Waals surface area contributed by atoms with Crippen molar-refractivity contribution >= 4 is 28.5 Å². The molecule has 0 aliphatic heterocycles. The highest BCUT2D eigenvalue weighted by atomic mass is 35.5. The number of halogens is 1. The summed E-state index contributed by atoms with van der Waals surface area (Å²) in [7, 11) is 0. The molecule has 1 aromatic carbocycles. The summed E-state index contributed by atoms with van der Waals surface area (Å²) in [6, 6.07) is 3.77. The molecule has 3 rings (SSSR count). The molecule has 2 aromatic rings. The number of nitrogens with one attached hydrogen (secondary N) is 1. The van der Waals surface area contributed by atoms with Crippen molar-refractivity contribution in [3.05, 3.63) is 34.5 Å². The maximum atomic E-state index is 11.5. The van der Waals surface area contributed by atoms with Gasteiger partial charge in [-0.25, -0.2) is 0 Å². The number of aromatic nitrogens is 1. The minimum atomic E-state index is -0.739. The fourth-order valence-corrected chi connectivity index (χ4v) is 3.03. The van der Waals surface area contributed by atoms with Gasteiger partial charge in [0.2, 0.25) is 0 Å². The average molecular weight is 264 g/mol. The van der Waals surface area contributed by atoms with Crippen LogP contribution < -0.4 is 0 Å². The Bertz CT molecular complexity index is 641. The van der Waals surface area contributed by atoms with Crippen LogP contribution in [0.4, 0.5) is 0 Å². The van der Waals surface area contributed by atoms with E-state index in [4.69, 9.17) is 11.6 Å². The normalized spacial score (nSPS) is 17.7. The van der Waals surface area contributed by atoms with Crippen LogP contribution in [-0.4, -0.2) is 16.1 Å². The van der Waals surface area contributed by atoms with E-state index in [1.165, 1.54) is 0 Å². The molecular weight excluding hydrogens is 250 g/mol. The van der Waals surface area contributed by atoms with E-state index in [9.17, 15) is 9.90 Å². The van der Waals surface area contributed by atoms with Gasteiger partial charge < -0.3 is 10.1 Å². The van der Waals surface area contributed by atoms with Gasteiger partial charge in [0.05, 0.1) is 16.0 Å². The maximum absolute atomic E-state index is 11.5. The van der Waals surface area contributed by atoms with Crippen molar-refractivity contribution < 1.29 is 9.90 Å². The van der Waals surface area contributed by atoms with Crippen molar-refractivity contribution in [3.8, 4) is 0 Å². The largest absolute Gasteiger partial charge is 0.481 e. The fraction of sp³-hybridized carbons (Fsp3) is 0.357. The van der Waals surface area contributed by atoms with E-state index in [2.05, 4.69) is 4.98 Å². The number of hydrogen-bond donors (Lipinski definition) is 2. The van der Waals surface area contributed by atoms with Gasteiger partial charge >= 0.3 is 5.97 Å². The molecule has 0 atom stereocenters. The maximum Gasteiger partial charge on any atom is 0.314 e. The number of carboxylic acid groups (broad SMARTS) is 1. The van der Waals surface area contributed by atoms with E-state index in [0.717, 1.165) is 28.5 Å². The highest BCUT2D eigenvalue weighted by Crippen LogP contribution is 2.46. The first-order valence-electron chi connectivity index (χ1n) is 6.06. The minimum absolute atomic E-state index is 0.600. The molecule has 18 heavy (non-hydrogen) atoms. The fourth-order valence-electron chi connectivity index (χ4n) is 2.76. The van der Waals surface area contributed by atoms with Crippen molar-refractivity contribution in [2.75, 3.05) is 0 Å². The molecular formula is C14H14ClNO2. The molecule has 0 unspecified atom stereocenters. The van der Waals surface area contributed by atoms with Gasteiger partial charge in [-0.15, -0.1) is 0 Å². The van der Waals surface area contributed by atoms with Gasteiger partial charge in [-0.3, -0.25) is 4.79 Å². The monoisotopic (exact) mass is 263 g/mol. The van der Waals surface area contributed by atoms with Crippen molar-refractivity contribution in [3.63, 3.8) is 0 Å². The second-order valence-corrected chi connectivity index (χ2v) is 5.50. The second kappa shape index (κ2) is 3.75. The number of carboxylic acids is 1. The number of rotatable bonds is 2. The summed E-state index contributed by atoms with van der Waals surface area (Å²) in [6.07, 6.45) is 4.27. The van der Waals surface area contributed by atoms with Gasteiger partial charge in [0, 0.05) is 11.6 Å². The summed E-state index contributed by atoms with van der Waals surface area (Å²) in [5.74, 6) is -0.739. The number of H-pyrrole nitrogens is 1. The van der Waals surface area contributed by atoms with Crippen LogP contribution in [0.3, 0.4) is 0 Å². The third-order valence-corrected chi connectivity index (χ3v) is 4.42. The molecule has 0 bridgehead atoms. The van der Waals surface area contributed by atoms with E-state index in [0.29, 0.717) is 17.9 Å². The molecule has 1 heterocycles. The van der Waals surface area contributed by atoms with Crippen molar-refractivity contribution in [2.45, 2.75) is 31.6 Å². The van der Waals surface area contributed by atoms with Gasteiger partial charge in [0.25, 0.3) is 0 Å². The van der Waals surface area contributed by atoms with Crippen molar-refractivity contribution in [1.29, 1.82) is 0 Å². The first-order chi connectivity index (χ1) is 8.54. The minimum Gasteiger partial charge on any atom is -0.481 e. The van der Waals surface area contributed by atoms with E-state index < -0.39 is 11.4 Å². The smallest absolute Gasteiger partial charge is 0.314 e. The molecule has 2 N–H and O–H groups in total. The van der Waals surface area contributed by atoms with Crippen LogP contribution in [0.1, 0.15) is 30.4 Å². The standard InChI is InChI=1S/C14H14ClNO2/c1-8-7-16-12-10(8)5-9(6-11(12)15)14(13(17)18)3-2-4-14/h5-7,16H,2-4H2,1H3,(H,17,18). The molecule has 1 fully saturated rings. The lowest BCUT2D eigenvalue weighted by Gasteiger charge is -2.38. The Morgan fingerprint density at radius 3 is 2.72 bits per heavy atom. The van der Waals surface area contributed by atoms with E-state index in [1.54, 1.807) is 6.07 Å². The molecule has 94 valence electrons. The molecule has 3 nitrogen and oxygen atoms in total. The number of hydrogen-bond acceptors (Lipinski definition) is 1. The Morgan fingerprint density at radius 1 is 1.44 bits per heavy atom. The summed E-state index contributed by atoms with van der Waals surface area (Å²) < 4.78 is 0. The number of aromatic amines is 1. The Labute approximate surface area is 110 Å². The first kappa shape index (κ1) is 11.6. The summed E-state index contributed by atoms with van der Waals surface area (Å²) >= 11 is 6.24. The lowest BCUT2D eigenvalue weighted by molar-refractivity contribution is -0.147. The second-order valence-electron chi connectivity index (χ2n) is 5.09. The zero-order valence-electron chi connectivity index (χ0n) is 10.1. The molecule has 1 saturated carbocycles. The van der Waals surface area contributed by atoms with Gasteiger partial charge in [-0.05, 0) is 43.0 Å². The summed E-state index contributed by atoms with van der Waals surface area (Å²) in [4.78, 5) is 14.6. The molecule has 0 radical (unpaired) electrons. The van der Waals surface area contributed by atoms with Crippen LogP contribution in [0.25, 0.3) is 10.9 Å². The third-order valence-electron chi connectivity index (χ3n) is 4.12. The van der Waals surface area contributed by atoms with Crippen LogP contribution in [0.2, 0.25) is 5.02 Å². The van der Waals surface area contributed by atoms with Crippen LogP contribution in [0.15, 0.2) is 18.3 Å². The quantitative estimate of drug-likeness (QED) is 0.869. The van der Waals surface area contributed by atoms with Crippen LogP contribution in [0, 0.1) is 6.92 Å². The molecule has 1 aliphatic carbocycles. The molecule has 0 amide bonds. The highest BCUT2D eigenvalue weighted by Gasteiger charge is 2.46. The lowest BCUT2D eigenvalue weighted by atomic mass is 9.64. The van der Waals surface area contributed by atoms with Gasteiger partial charge in [-0.1, -0.05) is 18.0 Å². The lowest BCUT2D eigenvalue weighted by Crippen LogP contribution is -2.42. The summed E-state index contributed by atoms with van der Waals surface area (Å²) in [5.41, 5.74) is 2.09. The van der Waals surface area contributed by atoms with Crippen LogP contribution >= 0.6 is 11.6 Å². The number of carbonyl (C=O) groups is 1. The average Bonchev–Trinajstić information content (AvgIpc) is 2.59. The van der Waals surface area contributed by atoms with E-state index in [1.807, 2.05) is 19.2 Å². The van der Waals surface area contributed by atoms with Gasteiger partial charge in [-0.2, -0.15) is 0 Å². The first-order valence-corrected chi connectivity index (χ1v) is 6.43. The SMILES string of the molecule is Cc1c[nH]c2c(Cl)cc(C3(C(=O)O)CCC3)cc12. The topological polar surface area (TPSA) is 53.1 Å². The Kier molecular flexibility index (Phi) is 2.42. The van der Waals surface area contributed by atoms with Crippen molar-refractivity contribution in [2.24, 2.45) is 0 Å². The third kappa shape index (κ3) is 1.40. The predicted molar refractivity (Wildman–Crippen MR) is 71.2 cm³/mol. The van der Waals surface area contributed by atoms with E-state index in [-0.39, 0.29) is 0 Å². The summed E-state index contributed by atoms with van der Waals surface area (Å²) in [6.45, 7) is 1.99. The van der Waals surface area contributed by atoms with Crippen molar-refractivity contribution in [1.82, 2.24) is 4.98 Å². The predicted octanol–water partition coefficient (Wildman–Crippen LogP) is 3.64. The molecule has 1 aliphatic rings. The van der Waals surface area contributed by atoms with Crippen LogP contribution in [-0.2, 0) is 10.2 Å².